The van der Waals surface area contributed by atoms with E-state index in [4.69, 9.17) is 4.74 Å². The number of nitrogens with zero attached hydrogens (tertiary/aromatic N) is 4. The van der Waals surface area contributed by atoms with Crippen LogP contribution in [-0.4, -0.2) is 82.7 Å². The molecular formula is C32H35BrN6O5. The van der Waals surface area contributed by atoms with Crippen LogP contribution < -0.4 is 20.9 Å². The summed E-state index contributed by atoms with van der Waals surface area (Å²) in [6, 6.07) is 15.4. The second-order valence-corrected chi connectivity index (χ2v) is 12.7. The summed E-state index contributed by atoms with van der Waals surface area (Å²) in [6.45, 7) is 2.75. The van der Waals surface area contributed by atoms with Gasteiger partial charge in [-0.15, -0.1) is 0 Å². The number of imide groups is 1. The van der Waals surface area contributed by atoms with E-state index in [1.807, 2.05) is 48.5 Å². The van der Waals surface area contributed by atoms with Gasteiger partial charge in [0, 0.05) is 38.2 Å². The van der Waals surface area contributed by atoms with Crippen molar-refractivity contribution >= 4 is 39.3 Å². The van der Waals surface area contributed by atoms with Crippen molar-refractivity contribution in [1.82, 2.24) is 24.9 Å². The van der Waals surface area contributed by atoms with E-state index >= 15 is 0 Å². The highest BCUT2D eigenvalue weighted by Crippen LogP contribution is 2.31. The Kier molecular flexibility index (Phi) is 8.55. The minimum Gasteiger partial charge on any atom is -0.487 e. The summed E-state index contributed by atoms with van der Waals surface area (Å²) in [5, 5.41) is 10.0. The van der Waals surface area contributed by atoms with Crippen LogP contribution in [0.3, 0.4) is 0 Å². The van der Waals surface area contributed by atoms with E-state index in [9.17, 15) is 19.2 Å². The molecule has 44 heavy (non-hydrogen) atoms. The molecule has 3 saturated heterocycles. The molecule has 0 aliphatic carbocycles. The average Bonchev–Trinajstić information content (AvgIpc) is 2.99. The first-order chi connectivity index (χ1) is 21.1. The Morgan fingerprint density at radius 2 is 1.68 bits per heavy atom. The van der Waals surface area contributed by atoms with Gasteiger partial charge in [-0.25, -0.2) is 4.68 Å². The van der Waals surface area contributed by atoms with Crippen molar-refractivity contribution in [3.63, 3.8) is 0 Å². The van der Waals surface area contributed by atoms with Gasteiger partial charge in [0.25, 0.3) is 11.5 Å². The summed E-state index contributed by atoms with van der Waals surface area (Å²) >= 11 is 3.40. The van der Waals surface area contributed by atoms with Gasteiger partial charge in [-0.05, 0) is 77.1 Å². The monoisotopic (exact) mass is 662 g/mol. The van der Waals surface area contributed by atoms with Crippen LogP contribution in [0.2, 0.25) is 0 Å². The van der Waals surface area contributed by atoms with E-state index in [1.165, 1.54) is 10.2 Å². The fourth-order valence-electron chi connectivity index (χ4n) is 6.24. The molecular weight excluding hydrogens is 628 g/mol. The molecule has 3 aromatic rings. The number of piperidine rings is 2. The lowest BCUT2D eigenvalue weighted by Crippen LogP contribution is -2.56. The van der Waals surface area contributed by atoms with Gasteiger partial charge in [-0.3, -0.25) is 24.5 Å². The molecule has 0 saturated carbocycles. The molecule has 1 unspecified atom stereocenters. The van der Waals surface area contributed by atoms with E-state index < -0.39 is 0 Å². The van der Waals surface area contributed by atoms with E-state index in [0.29, 0.717) is 47.4 Å². The average molecular weight is 664 g/mol. The summed E-state index contributed by atoms with van der Waals surface area (Å²) in [5.41, 5.74) is 3.18. The molecule has 2 N–H and O–H groups in total. The third-order valence-electron chi connectivity index (χ3n) is 8.66. The molecule has 0 spiro atoms. The fraction of sp³-hybridized carbons (Fsp3) is 0.406. The van der Waals surface area contributed by atoms with Gasteiger partial charge < -0.3 is 19.9 Å². The predicted octanol–water partition coefficient (Wildman–Crippen LogP) is 2.87. The van der Waals surface area contributed by atoms with Crippen molar-refractivity contribution in [3.05, 3.63) is 86.2 Å². The maximum Gasteiger partial charge on any atom is 0.282 e. The molecule has 230 valence electrons. The van der Waals surface area contributed by atoms with Gasteiger partial charge in [0.1, 0.15) is 16.3 Å². The first-order valence-corrected chi connectivity index (χ1v) is 15.6. The maximum absolute atomic E-state index is 13.1. The van der Waals surface area contributed by atoms with E-state index in [1.54, 1.807) is 18.1 Å². The number of nitrogens with one attached hydrogen (secondary N) is 2. The molecule has 3 aliphatic rings. The Bertz CT molecular complexity index is 1620. The summed E-state index contributed by atoms with van der Waals surface area (Å²) in [7, 11) is 3.71. The van der Waals surface area contributed by atoms with Crippen molar-refractivity contribution < 1.29 is 19.1 Å². The number of carbonyl (C=O) groups excluding carboxylic acids is 3. The number of aromatic nitrogens is 2. The van der Waals surface area contributed by atoms with E-state index in [2.05, 4.69) is 43.6 Å². The Hall–Kier alpha value is -4.03. The summed E-state index contributed by atoms with van der Waals surface area (Å²) in [6.07, 6.45) is 3.31. The van der Waals surface area contributed by atoms with E-state index in [0.717, 1.165) is 25.1 Å². The Morgan fingerprint density at radius 3 is 2.39 bits per heavy atom. The molecule has 0 bridgehead atoms. The first-order valence-electron chi connectivity index (χ1n) is 14.8. The summed E-state index contributed by atoms with van der Waals surface area (Å²) in [4.78, 5) is 53.0. The van der Waals surface area contributed by atoms with Crippen LogP contribution in [0.4, 0.5) is 5.69 Å². The van der Waals surface area contributed by atoms with Gasteiger partial charge in [0.15, 0.2) is 0 Å². The van der Waals surface area contributed by atoms with Gasteiger partial charge >= 0.3 is 0 Å². The number of likely N-dealkylation sites (N-methyl/N-ethyl adjacent to an activating group) is 1. The van der Waals surface area contributed by atoms with Gasteiger partial charge in [0.05, 0.1) is 30.9 Å². The predicted molar refractivity (Wildman–Crippen MR) is 168 cm³/mol. The van der Waals surface area contributed by atoms with Gasteiger partial charge in [-0.1, -0.05) is 24.3 Å². The second-order valence-electron chi connectivity index (χ2n) is 11.9. The molecule has 3 amide bonds. The quantitative estimate of drug-likeness (QED) is 0.370. The third kappa shape index (κ3) is 6.41. The van der Waals surface area contributed by atoms with Crippen LogP contribution in [-0.2, 0) is 16.6 Å². The molecule has 3 aliphatic heterocycles. The number of ether oxygens (including phenoxy) is 1. The zero-order valence-corrected chi connectivity index (χ0v) is 26.2. The van der Waals surface area contributed by atoms with Crippen LogP contribution in [0.5, 0.6) is 5.75 Å². The van der Waals surface area contributed by atoms with Crippen molar-refractivity contribution in [2.24, 2.45) is 7.05 Å². The fourth-order valence-corrected chi connectivity index (χ4v) is 6.71. The smallest absolute Gasteiger partial charge is 0.282 e. The maximum atomic E-state index is 13.1. The Morgan fingerprint density at radius 1 is 0.977 bits per heavy atom. The lowest BCUT2D eigenvalue weighted by Gasteiger charge is -2.39. The molecule has 3 fully saturated rings. The lowest BCUT2D eigenvalue weighted by molar-refractivity contribution is -0.134. The number of carbonyl (C=O) groups is 3. The number of amides is 3. The molecule has 1 aromatic heterocycles. The standard InChI is InChI=1S/C32H35BrN6O5/c1-37-15-22(13-23(16-37)35-27-14-34-38(2)32(43)29(27)33)19-3-5-21(6-4-19)31(42)39-17-25(18-39)44-24-9-7-20(8-10-24)26-11-12-28(40)36-30(26)41/h3-10,14,22-23,25-26,35H,11-13,15-18H2,1-2H3,(H,36,40,41)/t22-,23+,26?/m0/s1. The summed E-state index contributed by atoms with van der Waals surface area (Å²) in [5.74, 6) is 0.131. The number of anilines is 1. The number of hydrogen-bond donors (Lipinski definition) is 2. The van der Waals surface area contributed by atoms with Crippen molar-refractivity contribution in [2.45, 2.75) is 43.2 Å². The molecule has 12 heteroatoms. The van der Waals surface area contributed by atoms with Crippen LogP contribution in [0.1, 0.15) is 52.6 Å². The van der Waals surface area contributed by atoms with Crippen molar-refractivity contribution in [3.8, 4) is 5.75 Å². The van der Waals surface area contributed by atoms with Crippen LogP contribution in [0.15, 0.2) is 64.0 Å². The molecule has 11 nitrogen and oxygen atoms in total. The number of likely N-dealkylation sites (tertiary alicyclic amines) is 2. The molecule has 2 aromatic carbocycles. The highest BCUT2D eigenvalue weighted by Gasteiger charge is 2.34. The largest absolute Gasteiger partial charge is 0.487 e. The number of hydrogen-bond acceptors (Lipinski definition) is 8. The first kappa shape index (κ1) is 30.0. The van der Waals surface area contributed by atoms with Gasteiger partial charge in [-0.2, -0.15) is 5.10 Å². The molecule has 4 heterocycles. The zero-order valence-electron chi connectivity index (χ0n) is 24.7. The van der Waals surface area contributed by atoms with Crippen LogP contribution >= 0.6 is 15.9 Å². The minimum absolute atomic E-state index is 0.0204. The number of halogens is 1. The number of aryl methyl sites for hydroxylation is 1. The van der Waals surface area contributed by atoms with Crippen LogP contribution in [0, 0.1) is 0 Å². The van der Waals surface area contributed by atoms with E-state index in [-0.39, 0.29) is 47.3 Å². The lowest BCUT2D eigenvalue weighted by atomic mass is 9.87. The zero-order chi connectivity index (χ0) is 31.0. The number of rotatable bonds is 7. The minimum atomic E-state index is -0.326. The van der Waals surface area contributed by atoms with Crippen molar-refractivity contribution in [2.75, 3.05) is 38.5 Å². The second kappa shape index (κ2) is 12.5. The highest BCUT2D eigenvalue weighted by atomic mass is 79.9. The molecule has 3 atom stereocenters. The normalized spacial score (nSPS) is 22.7. The molecule has 0 radical (unpaired) electrons. The SMILES string of the molecule is CN1C[C@H](Nc2cnn(C)c(=O)c2Br)C[C@H](c2ccc(C(=O)N3CC(Oc4ccc(C5CCC(=O)NC5=O)cc4)C3)cc2)C1. The number of benzene rings is 2. The topological polar surface area (TPSA) is 126 Å². The van der Waals surface area contributed by atoms with Crippen LogP contribution in [0.25, 0.3) is 0 Å². The Balaban J connectivity index is 1.01. The highest BCUT2D eigenvalue weighted by molar-refractivity contribution is 9.10. The third-order valence-corrected chi connectivity index (χ3v) is 9.43. The molecule has 6 rings (SSSR count). The van der Waals surface area contributed by atoms with Crippen molar-refractivity contribution in [1.29, 1.82) is 0 Å². The Labute approximate surface area is 263 Å². The summed E-state index contributed by atoms with van der Waals surface area (Å²) < 4.78 is 7.82. The van der Waals surface area contributed by atoms with Gasteiger partial charge in [0.2, 0.25) is 11.8 Å².